The first kappa shape index (κ1) is 35.8. The molecule has 14 nitrogen and oxygen atoms in total. The first-order valence-electron chi connectivity index (χ1n) is 13.8. The van der Waals surface area contributed by atoms with E-state index in [1.54, 1.807) is 6.26 Å². The Morgan fingerprint density at radius 2 is 1.51 bits per heavy atom. The molecule has 0 aromatic heterocycles. The van der Waals surface area contributed by atoms with Crippen molar-refractivity contribution < 1.29 is 38.7 Å². The number of unbranched alkanes of at least 4 members (excludes halogenated alkanes) is 1. The minimum Gasteiger partial charge on any atom is -0.481 e. The van der Waals surface area contributed by atoms with E-state index in [2.05, 4.69) is 26.6 Å². The van der Waals surface area contributed by atoms with E-state index in [4.69, 9.17) is 10.8 Å². The summed E-state index contributed by atoms with van der Waals surface area (Å²) >= 11 is 1.21. The first-order chi connectivity index (χ1) is 19.5. The predicted octanol–water partition coefficient (Wildman–Crippen LogP) is -1.33. The lowest BCUT2D eigenvalue weighted by Crippen LogP contribution is -2.47. The number of carbonyl (C=O) groups is 7. The van der Waals surface area contributed by atoms with Crippen LogP contribution in [-0.4, -0.2) is 96.7 Å². The van der Waals surface area contributed by atoms with Crippen LogP contribution >= 0.6 is 11.8 Å². The van der Waals surface area contributed by atoms with Crippen molar-refractivity contribution in [1.82, 2.24) is 26.6 Å². The number of aliphatic carboxylic acids is 1. The lowest BCUT2D eigenvalue weighted by Gasteiger charge is -2.28. The SMILES string of the molecule is CS[C@@H](CC(=O)O)C(=O)NCC1CCC(C(=O)NCCCCC(NC(=O)CNC(=O)CNC(=O)CN)C(C)=O)CC1. The monoisotopic (exact) mass is 600 g/mol. The van der Waals surface area contributed by atoms with Crippen molar-refractivity contribution >= 4 is 53.1 Å². The van der Waals surface area contributed by atoms with E-state index >= 15 is 0 Å². The van der Waals surface area contributed by atoms with Gasteiger partial charge < -0.3 is 37.4 Å². The highest BCUT2D eigenvalue weighted by Gasteiger charge is 2.27. The maximum Gasteiger partial charge on any atom is 0.305 e. The van der Waals surface area contributed by atoms with Gasteiger partial charge in [0.1, 0.15) is 0 Å². The molecule has 0 heterocycles. The Morgan fingerprint density at radius 3 is 2.10 bits per heavy atom. The molecule has 2 atom stereocenters. The van der Waals surface area contributed by atoms with Crippen molar-refractivity contribution in [3.8, 4) is 0 Å². The van der Waals surface area contributed by atoms with Crippen molar-refractivity contribution in [3.63, 3.8) is 0 Å². The molecule has 1 fully saturated rings. The van der Waals surface area contributed by atoms with Crippen LogP contribution in [0.1, 0.15) is 58.3 Å². The van der Waals surface area contributed by atoms with E-state index in [1.807, 2.05) is 0 Å². The molecule has 5 amide bonds. The number of ketones is 1. The van der Waals surface area contributed by atoms with Gasteiger partial charge in [-0.25, -0.2) is 0 Å². The first-order valence-corrected chi connectivity index (χ1v) is 15.1. The summed E-state index contributed by atoms with van der Waals surface area (Å²) in [5.41, 5.74) is 5.13. The third-order valence-electron chi connectivity index (χ3n) is 6.84. The normalized spacial score (nSPS) is 17.8. The molecule has 0 radical (unpaired) electrons. The number of carbonyl (C=O) groups excluding carboxylic acids is 6. The highest BCUT2D eigenvalue weighted by atomic mass is 32.2. The summed E-state index contributed by atoms with van der Waals surface area (Å²) in [5, 5.41) is 21.3. The molecule has 1 rings (SSSR count). The number of thioether (sulfide) groups is 1. The molecule has 8 N–H and O–H groups in total. The summed E-state index contributed by atoms with van der Waals surface area (Å²) in [7, 11) is 0. The van der Waals surface area contributed by atoms with Crippen molar-refractivity contribution in [2.75, 3.05) is 39.0 Å². The van der Waals surface area contributed by atoms with Crippen LogP contribution in [0.5, 0.6) is 0 Å². The van der Waals surface area contributed by atoms with Gasteiger partial charge in [-0.15, -0.1) is 0 Å². The zero-order valence-electron chi connectivity index (χ0n) is 23.8. The van der Waals surface area contributed by atoms with Crippen molar-refractivity contribution in [3.05, 3.63) is 0 Å². The van der Waals surface area contributed by atoms with E-state index in [9.17, 15) is 33.6 Å². The van der Waals surface area contributed by atoms with Gasteiger partial charge in [-0.1, -0.05) is 0 Å². The number of nitrogens with two attached hydrogens (primary N) is 1. The third-order valence-corrected chi connectivity index (χ3v) is 7.79. The Kier molecular flexibility index (Phi) is 17.3. The second-order valence-electron chi connectivity index (χ2n) is 10.1. The zero-order valence-corrected chi connectivity index (χ0v) is 24.6. The van der Waals surface area contributed by atoms with Gasteiger partial charge in [0.15, 0.2) is 5.78 Å². The lowest BCUT2D eigenvalue weighted by molar-refractivity contribution is -0.138. The van der Waals surface area contributed by atoms with Crippen LogP contribution in [0.4, 0.5) is 0 Å². The average molecular weight is 601 g/mol. The quantitative estimate of drug-likeness (QED) is 0.0864. The van der Waals surface area contributed by atoms with E-state index in [-0.39, 0.29) is 55.5 Å². The molecule has 0 aliphatic heterocycles. The molecule has 232 valence electrons. The number of carboxylic acid groups (broad SMARTS) is 1. The Hall–Kier alpha value is -3.20. The highest BCUT2D eigenvalue weighted by Crippen LogP contribution is 2.28. The molecule has 0 bridgehead atoms. The van der Waals surface area contributed by atoms with E-state index < -0.39 is 35.0 Å². The number of rotatable bonds is 19. The number of Topliss-reactive ketones (excluding diaryl/α,β-unsaturated/α-hetero) is 1. The molecule has 0 saturated heterocycles. The summed E-state index contributed by atoms with van der Waals surface area (Å²) in [6.45, 7) is 1.38. The molecule has 1 aliphatic carbocycles. The van der Waals surface area contributed by atoms with Crippen LogP contribution in [0, 0.1) is 11.8 Å². The molecule has 15 heteroatoms. The Balaban J connectivity index is 2.25. The fourth-order valence-corrected chi connectivity index (χ4v) is 4.98. The smallest absolute Gasteiger partial charge is 0.305 e. The molecule has 41 heavy (non-hydrogen) atoms. The minimum atomic E-state index is -1.01. The maximum absolute atomic E-state index is 12.6. The molecule has 0 spiro atoms. The largest absolute Gasteiger partial charge is 0.481 e. The fraction of sp³-hybridized carbons (Fsp3) is 0.731. The van der Waals surface area contributed by atoms with Gasteiger partial charge in [0, 0.05) is 19.0 Å². The van der Waals surface area contributed by atoms with Crippen LogP contribution in [0.2, 0.25) is 0 Å². The summed E-state index contributed by atoms with van der Waals surface area (Å²) < 4.78 is 0. The van der Waals surface area contributed by atoms with Crippen molar-refractivity contribution in [2.45, 2.75) is 69.6 Å². The summed E-state index contributed by atoms with van der Waals surface area (Å²) in [6.07, 6.45) is 6.10. The Morgan fingerprint density at radius 1 is 0.878 bits per heavy atom. The molecular formula is C26H44N6O8S. The summed E-state index contributed by atoms with van der Waals surface area (Å²) in [4.78, 5) is 82.4. The number of carboxylic acids is 1. The van der Waals surface area contributed by atoms with E-state index in [1.165, 1.54) is 18.7 Å². The van der Waals surface area contributed by atoms with Gasteiger partial charge in [-0.2, -0.15) is 11.8 Å². The van der Waals surface area contributed by atoms with Gasteiger partial charge in [-0.3, -0.25) is 33.6 Å². The van der Waals surface area contributed by atoms with Crippen molar-refractivity contribution in [1.29, 1.82) is 0 Å². The predicted molar refractivity (Wildman–Crippen MR) is 153 cm³/mol. The van der Waals surface area contributed by atoms with Gasteiger partial charge in [-0.05, 0) is 64.0 Å². The average Bonchev–Trinajstić information content (AvgIpc) is 2.95. The van der Waals surface area contributed by atoms with Crippen LogP contribution in [-0.2, 0) is 33.6 Å². The summed E-state index contributed by atoms with van der Waals surface area (Å²) in [5.74, 6) is -2.97. The Bertz CT molecular complexity index is 926. The van der Waals surface area contributed by atoms with E-state index in [0.717, 1.165) is 12.8 Å². The molecule has 0 aromatic rings. The third kappa shape index (κ3) is 15.4. The second kappa shape index (κ2) is 19.8. The van der Waals surface area contributed by atoms with Gasteiger partial charge in [0.25, 0.3) is 0 Å². The molecule has 1 unspecified atom stereocenters. The van der Waals surface area contributed by atoms with Crippen LogP contribution in [0.25, 0.3) is 0 Å². The zero-order chi connectivity index (χ0) is 30.8. The van der Waals surface area contributed by atoms with Gasteiger partial charge in [0.2, 0.25) is 29.5 Å². The molecule has 0 aromatic carbocycles. The fourth-order valence-electron chi connectivity index (χ4n) is 4.37. The lowest BCUT2D eigenvalue weighted by atomic mass is 9.81. The molecule has 1 saturated carbocycles. The van der Waals surface area contributed by atoms with Gasteiger partial charge in [0.05, 0.1) is 37.3 Å². The standard InChI is InChI=1S/C26H44N6O8S/c1-16(33)19(32-23(36)15-30-22(35)14-29-21(34)12-27)5-3-4-10-28-25(39)18-8-6-17(7-9-18)13-31-26(40)20(41-2)11-24(37)38/h17-20H,3-15,27H2,1-2H3,(H,28,39)(H,29,34)(H,30,35)(H,31,40)(H,32,36)(H,37,38)/t17?,18?,19?,20-/m0/s1. The molecular weight excluding hydrogens is 556 g/mol. The minimum absolute atomic E-state index is 0.0220. The van der Waals surface area contributed by atoms with Crippen molar-refractivity contribution in [2.24, 2.45) is 17.6 Å². The number of hydrogen-bond acceptors (Lipinski definition) is 9. The number of hydrogen-bond donors (Lipinski definition) is 7. The highest BCUT2D eigenvalue weighted by molar-refractivity contribution is 7.99. The maximum atomic E-state index is 12.6. The van der Waals surface area contributed by atoms with Crippen LogP contribution < -0.4 is 32.3 Å². The molecule has 1 aliphatic rings. The second-order valence-corrected chi connectivity index (χ2v) is 11.1. The van der Waals surface area contributed by atoms with Crippen LogP contribution in [0.15, 0.2) is 0 Å². The number of amides is 5. The van der Waals surface area contributed by atoms with Crippen LogP contribution in [0.3, 0.4) is 0 Å². The van der Waals surface area contributed by atoms with E-state index in [0.29, 0.717) is 45.2 Å². The topological polar surface area (TPSA) is 226 Å². The Labute approximate surface area is 244 Å². The number of nitrogens with one attached hydrogen (secondary N) is 5. The summed E-state index contributed by atoms with van der Waals surface area (Å²) in [6, 6.07) is -0.710. The van der Waals surface area contributed by atoms with Gasteiger partial charge >= 0.3 is 5.97 Å².